The maximum absolute atomic E-state index is 14.2. The molecule has 1 unspecified atom stereocenters. The fourth-order valence-electron chi connectivity index (χ4n) is 4.62. The minimum absolute atomic E-state index is 0.0271. The van der Waals surface area contributed by atoms with Crippen LogP contribution in [0.4, 0.5) is 10.1 Å². The van der Waals surface area contributed by atoms with Crippen LogP contribution in [0.2, 0.25) is 0 Å². The van der Waals surface area contributed by atoms with Gasteiger partial charge in [0.2, 0.25) is 0 Å². The van der Waals surface area contributed by atoms with E-state index in [9.17, 15) is 9.18 Å². The van der Waals surface area contributed by atoms with Crippen LogP contribution in [0.1, 0.15) is 28.9 Å². The van der Waals surface area contributed by atoms with E-state index in [-0.39, 0.29) is 11.6 Å². The third kappa shape index (κ3) is 5.34. The largest absolute Gasteiger partial charge is 0.404 e. The molecular weight excluding hydrogens is 473 g/mol. The molecule has 186 valence electrons. The number of hydrogen-bond donors (Lipinski definition) is 2. The topological polar surface area (TPSA) is 83.6 Å². The molecule has 1 aromatic carbocycles. The van der Waals surface area contributed by atoms with Crippen LogP contribution in [0, 0.1) is 18.2 Å². The Morgan fingerprint density at radius 1 is 1.33 bits per heavy atom. The number of rotatable bonds is 7. The number of carbonyl (C=O) groups is 1. The van der Waals surface area contributed by atoms with E-state index in [1.807, 2.05) is 38.4 Å². The number of nitrogens with one attached hydrogen (secondary N) is 1. The second kappa shape index (κ2) is 11.1. The standard InChI is InChI=1S/C28H30FN5OS/c1-4-24(17-31-3)36-34-12-10-21-14-25(33-23-7-5-22(29)6-8-23)20(16-30)15-28(21,18-34)27(35)26-13-19(2)9-11-32-26/h4-9,11,13-14,16-17,31H,1,10,12,15,18,30H2,2-3H3/b20-16?,24-17+,33-25?. The summed E-state index contributed by atoms with van der Waals surface area (Å²) < 4.78 is 15.6. The number of nitrogens with zero attached hydrogens (tertiary/aromatic N) is 3. The molecule has 0 saturated carbocycles. The third-order valence-electron chi connectivity index (χ3n) is 6.41. The second-order valence-electron chi connectivity index (χ2n) is 8.89. The molecule has 1 aliphatic heterocycles. The van der Waals surface area contributed by atoms with Crippen molar-refractivity contribution in [3.8, 4) is 0 Å². The maximum atomic E-state index is 14.2. The van der Waals surface area contributed by atoms with Crippen LogP contribution >= 0.6 is 11.9 Å². The van der Waals surface area contributed by atoms with Gasteiger partial charge in [0.25, 0.3) is 0 Å². The lowest BCUT2D eigenvalue weighted by atomic mass is 9.64. The number of pyridine rings is 1. The van der Waals surface area contributed by atoms with Gasteiger partial charge in [0.15, 0.2) is 5.78 Å². The molecule has 0 spiro atoms. The monoisotopic (exact) mass is 503 g/mol. The van der Waals surface area contributed by atoms with Gasteiger partial charge in [-0.15, -0.1) is 0 Å². The van der Waals surface area contributed by atoms with E-state index >= 15 is 0 Å². The molecule has 2 aliphatic rings. The zero-order valence-electron chi connectivity index (χ0n) is 20.5. The van der Waals surface area contributed by atoms with E-state index in [1.54, 1.807) is 36.4 Å². The molecule has 2 heterocycles. The van der Waals surface area contributed by atoms with Gasteiger partial charge in [-0.25, -0.2) is 13.7 Å². The van der Waals surface area contributed by atoms with Crippen molar-refractivity contribution < 1.29 is 9.18 Å². The van der Waals surface area contributed by atoms with Crippen LogP contribution < -0.4 is 11.1 Å². The van der Waals surface area contributed by atoms with Crippen LogP contribution in [-0.2, 0) is 0 Å². The lowest BCUT2D eigenvalue weighted by Crippen LogP contribution is -2.49. The predicted octanol–water partition coefficient (Wildman–Crippen LogP) is 5.24. The molecule has 0 radical (unpaired) electrons. The molecule has 0 amide bonds. The highest BCUT2D eigenvalue weighted by Crippen LogP contribution is 2.48. The van der Waals surface area contributed by atoms with Crippen LogP contribution in [0.15, 0.2) is 94.8 Å². The highest BCUT2D eigenvalue weighted by Gasteiger charge is 2.49. The maximum Gasteiger partial charge on any atom is 0.193 e. The number of aromatic nitrogens is 1. The average molecular weight is 504 g/mol. The van der Waals surface area contributed by atoms with E-state index in [4.69, 9.17) is 10.7 Å². The van der Waals surface area contributed by atoms with Crippen molar-refractivity contribution in [3.05, 3.63) is 107 Å². The van der Waals surface area contributed by atoms with Gasteiger partial charge in [-0.2, -0.15) is 0 Å². The minimum Gasteiger partial charge on any atom is -0.404 e. The molecule has 6 nitrogen and oxygen atoms in total. The van der Waals surface area contributed by atoms with Gasteiger partial charge < -0.3 is 11.1 Å². The first-order chi connectivity index (χ1) is 17.4. The molecule has 4 rings (SSSR count). The first-order valence-electron chi connectivity index (χ1n) is 11.7. The number of nitrogens with two attached hydrogens (primary N) is 1. The molecule has 1 atom stereocenters. The Hall–Kier alpha value is -3.49. The van der Waals surface area contributed by atoms with Crippen LogP contribution in [0.5, 0.6) is 0 Å². The molecule has 2 aromatic rings. The number of allylic oxidation sites excluding steroid dienone is 3. The number of Topliss-reactive ketones (excluding diaryl/α,β-unsaturated/α-hetero) is 1. The van der Waals surface area contributed by atoms with E-state index in [2.05, 4.69) is 21.2 Å². The summed E-state index contributed by atoms with van der Waals surface area (Å²) >= 11 is 1.57. The van der Waals surface area contributed by atoms with Crippen molar-refractivity contribution in [2.45, 2.75) is 19.8 Å². The van der Waals surface area contributed by atoms with Gasteiger partial charge in [0.1, 0.15) is 11.5 Å². The number of fused-ring (bicyclic) bond motifs is 1. The van der Waals surface area contributed by atoms with Crippen LogP contribution in [0.3, 0.4) is 0 Å². The molecule has 1 aliphatic carbocycles. The summed E-state index contributed by atoms with van der Waals surface area (Å²) in [4.78, 5) is 24.3. The van der Waals surface area contributed by atoms with Gasteiger partial charge in [-0.1, -0.05) is 18.2 Å². The highest BCUT2D eigenvalue weighted by molar-refractivity contribution is 8.01. The van der Waals surface area contributed by atoms with Gasteiger partial charge >= 0.3 is 0 Å². The summed E-state index contributed by atoms with van der Waals surface area (Å²) in [5.74, 6) is -0.345. The quantitative estimate of drug-likeness (QED) is 0.305. The van der Waals surface area contributed by atoms with Gasteiger partial charge in [-0.05, 0) is 91.5 Å². The molecule has 8 heteroatoms. The zero-order valence-corrected chi connectivity index (χ0v) is 21.3. The SMILES string of the molecule is C=C/C(=C\NC)SN1CCC2=CC(=Nc3ccc(F)cc3)C(=CN)CC2(C(=O)c2cc(C)ccn2)C1. The van der Waals surface area contributed by atoms with Crippen molar-refractivity contribution in [2.75, 3.05) is 20.1 Å². The first kappa shape index (κ1) is 25.6. The van der Waals surface area contributed by atoms with Crippen LogP contribution in [-0.4, -0.2) is 40.9 Å². The predicted molar refractivity (Wildman–Crippen MR) is 145 cm³/mol. The summed E-state index contributed by atoms with van der Waals surface area (Å²) in [6.45, 7) is 7.11. The smallest absolute Gasteiger partial charge is 0.193 e. The molecule has 1 saturated heterocycles. The number of hydrogen-bond acceptors (Lipinski definition) is 7. The van der Waals surface area contributed by atoms with Crippen molar-refractivity contribution in [2.24, 2.45) is 16.1 Å². The number of aliphatic imine (C=N–C) groups is 1. The molecule has 0 bridgehead atoms. The van der Waals surface area contributed by atoms with E-state index in [1.165, 1.54) is 18.3 Å². The number of aryl methyl sites for hydroxylation is 1. The van der Waals surface area contributed by atoms with Gasteiger partial charge in [-0.3, -0.25) is 9.78 Å². The van der Waals surface area contributed by atoms with Crippen molar-refractivity contribution in [1.29, 1.82) is 0 Å². The van der Waals surface area contributed by atoms with Crippen molar-refractivity contribution >= 4 is 29.1 Å². The Labute approximate surface area is 215 Å². The summed E-state index contributed by atoms with van der Waals surface area (Å²) in [6.07, 6.45) is 9.96. The summed E-state index contributed by atoms with van der Waals surface area (Å²) in [5, 5.41) is 3.04. The van der Waals surface area contributed by atoms with Gasteiger partial charge in [0.05, 0.1) is 16.8 Å². The van der Waals surface area contributed by atoms with Gasteiger partial charge in [0, 0.05) is 37.4 Å². The van der Waals surface area contributed by atoms with E-state index < -0.39 is 5.41 Å². The number of ketones is 1. The summed E-state index contributed by atoms with van der Waals surface area (Å²) in [5.41, 5.74) is 9.78. The fourth-order valence-corrected chi connectivity index (χ4v) is 5.63. The number of halogens is 1. The lowest BCUT2D eigenvalue weighted by molar-refractivity contribution is 0.0776. The Kier molecular flexibility index (Phi) is 7.86. The van der Waals surface area contributed by atoms with E-state index in [0.29, 0.717) is 36.5 Å². The number of carbonyl (C=O) groups excluding carboxylic acids is 1. The lowest BCUT2D eigenvalue weighted by Gasteiger charge is -2.45. The summed E-state index contributed by atoms with van der Waals surface area (Å²) in [7, 11) is 1.84. The Morgan fingerprint density at radius 2 is 2.11 bits per heavy atom. The van der Waals surface area contributed by atoms with Crippen molar-refractivity contribution in [3.63, 3.8) is 0 Å². The Morgan fingerprint density at radius 3 is 2.78 bits per heavy atom. The zero-order chi connectivity index (χ0) is 25.7. The highest BCUT2D eigenvalue weighted by atomic mass is 32.2. The molecule has 1 fully saturated rings. The number of piperidine rings is 1. The van der Waals surface area contributed by atoms with Crippen molar-refractivity contribution in [1.82, 2.24) is 14.6 Å². The molecular formula is C28H30FN5OS. The fraction of sp³-hybridized carbons (Fsp3) is 0.250. The summed E-state index contributed by atoms with van der Waals surface area (Å²) in [6, 6.07) is 9.73. The molecule has 1 aromatic heterocycles. The second-order valence-corrected chi connectivity index (χ2v) is 10.1. The minimum atomic E-state index is -0.828. The van der Waals surface area contributed by atoms with Crippen LogP contribution in [0.25, 0.3) is 0 Å². The normalized spacial score (nSPS) is 22.8. The van der Waals surface area contributed by atoms with E-state index in [0.717, 1.165) is 28.2 Å². The Bertz CT molecular complexity index is 1280. The first-order valence-corrected chi connectivity index (χ1v) is 12.5. The number of benzene rings is 1. The molecule has 36 heavy (non-hydrogen) atoms. The third-order valence-corrected chi connectivity index (χ3v) is 7.47. The Balaban J connectivity index is 1.79. The average Bonchev–Trinajstić information content (AvgIpc) is 2.89. The molecule has 3 N–H and O–H groups in total.